The van der Waals surface area contributed by atoms with Crippen LogP contribution >= 0.6 is 11.6 Å². The zero-order chi connectivity index (χ0) is 14.4. The number of aromatic amines is 1. The third-order valence-electron chi connectivity index (χ3n) is 3.95. The molecule has 0 atom stereocenters. The molecule has 4 aromatic rings. The van der Waals surface area contributed by atoms with Gasteiger partial charge in [-0.3, -0.25) is 0 Å². The van der Waals surface area contributed by atoms with Crippen molar-refractivity contribution in [3.05, 3.63) is 71.2 Å². The molecule has 0 radical (unpaired) electrons. The van der Waals surface area contributed by atoms with Crippen molar-refractivity contribution in [2.45, 2.75) is 6.92 Å². The Morgan fingerprint density at radius 2 is 1.48 bits per heavy atom. The summed E-state index contributed by atoms with van der Waals surface area (Å²) >= 11 is 6.10. The van der Waals surface area contributed by atoms with Crippen molar-refractivity contribution >= 4 is 33.4 Å². The molecule has 0 aliphatic carbocycles. The second-order valence-electron chi connectivity index (χ2n) is 5.44. The monoisotopic (exact) mass is 291 g/mol. The van der Waals surface area contributed by atoms with Gasteiger partial charge in [-0.2, -0.15) is 0 Å². The zero-order valence-corrected chi connectivity index (χ0v) is 12.4. The zero-order valence-electron chi connectivity index (χ0n) is 11.7. The van der Waals surface area contributed by atoms with Crippen molar-refractivity contribution in [1.82, 2.24) is 4.98 Å². The Kier molecular flexibility index (Phi) is 2.76. The average molecular weight is 292 g/mol. The van der Waals surface area contributed by atoms with E-state index in [0.717, 1.165) is 16.1 Å². The van der Waals surface area contributed by atoms with E-state index in [-0.39, 0.29) is 0 Å². The molecule has 21 heavy (non-hydrogen) atoms. The third-order valence-corrected chi connectivity index (χ3v) is 4.18. The molecule has 4 rings (SSSR count). The molecule has 0 aliphatic heterocycles. The predicted molar refractivity (Wildman–Crippen MR) is 91.0 cm³/mol. The maximum atomic E-state index is 6.10. The van der Waals surface area contributed by atoms with Crippen LogP contribution in [0.4, 0.5) is 0 Å². The fourth-order valence-corrected chi connectivity index (χ4v) is 2.97. The highest BCUT2D eigenvalue weighted by molar-refractivity contribution is 6.31. The molecule has 0 saturated heterocycles. The van der Waals surface area contributed by atoms with Crippen LogP contribution in [0.3, 0.4) is 0 Å². The number of rotatable bonds is 1. The first-order chi connectivity index (χ1) is 10.2. The van der Waals surface area contributed by atoms with Crippen LogP contribution in [0.25, 0.3) is 32.9 Å². The van der Waals surface area contributed by atoms with Crippen molar-refractivity contribution < 1.29 is 0 Å². The molecule has 0 bridgehead atoms. The summed E-state index contributed by atoms with van der Waals surface area (Å²) < 4.78 is 0. The molecular weight excluding hydrogens is 278 g/mol. The van der Waals surface area contributed by atoms with Gasteiger partial charge in [-0.1, -0.05) is 53.6 Å². The highest BCUT2D eigenvalue weighted by Gasteiger charge is 2.06. The summed E-state index contributed by atoms with van der Waals surface area (Å²) in [7, 11) is 0. The van der Waals surface area contributed by atoms with Crippen LogP contribution in [0.1, 0.15) is 5.56 Å². The van der Waals surface area contributed by atoms with Crippen LogP contribution in [0, 0.1) is 6.92 Å². The summed E-state index contributed by atoms with van der Waals surface area (Å²) in [6.07, 6.45) is 0. The Morgan fingerprint density at radius 3 is 2.29 bits per heavy atom. The first-order valence-corrected chi connectivity index (χ1v) is 7.36. The van der Waals surface area contributed by atoms with Crippen LogP contribution < -0.4 is 0 Å². The lowest BCUT2D eigenvalue weighted by atomic mass is 10.0. The van der Waals surface area contributed by atoms with Gasteiger partial charge in [0.15, 0.2) is 0 Å². The van der Waals surface area contributed by atoms with Crippen molar-refractivity contribution in [1.29, 1.82) is 0 Å². The third kappa shape index (κ3) is 2.10. The largest absolute Gasteiger partial charge is 0.354 e. The number of aryl methyl sites for hydroxylation is 1. The summed E-state index contributed by atoms with van der Waals surface area (Å²) in [5, 5.41) is 3.15. The van der Waals surface area contributed by atoms with Crippen LogP contribution in [0.5, 0.6) is 0 Å². The van der Waals surface area contributed by atoms with E-state index in [9.17, 15) is 0 Å². The minimum absolute atomic E-state index is 0.769. The van der Waals surface area contributed by atoms with E-state index in [1.165, 1.54) is 27.5 Å². The first kappa shape index (κ1) is 12.5. The van der Waals surface area contributed by atoms with Gasteiger partial charge in [-0.15, -0.1) is 0 Å². The van der Waals surface area contributed by atoms with Gasteiger partial charge < -0.3 is 4.98 Å². The van der Waals surface area contributed by atoms with E-state index in [4.69, 9.17) is 11.6 Å². The van der Waals surface area contributed by atoms with E-state index in [0.29, 0.717) is 0 Å². The van der Waals surface area contributed by atoms with Crippen LogP contribution in [-0.2, 0) is 0 Å². The van der Waals surface area contributed by atoms with Gasteiger partial charge in [0.2, 0.25) is 0 Å². The number of hydrogen-bond acceptors (Lipinski definition) is 0. The SMILES string of the molecule is Cc1ccc(-c2ccc3c(c2)[nH]c2ccc(Cl)cc23)cc1. The molecule has 0 spiro atoms. The van der Waals surface area contributed by atoms with E-state index in [2.05, 4.69) is 54.4 Å². The fourth-order valence-electron chi connectivity index (χ4n) is 2.80. The number of benzene rings is 3. The van der Waals surface area contributed by atoms with E-state index < -0.39 is 0 Å². The molecule has 1 N–H and O–H groups in total. The topological polar surface area (TPSA) is 15.8 Å². The Bertz CT molecular complexity index is 949. The smallest absolute Gasteiger partial charge is 0.0471 e. The minimum atomic E-state index is 0.769. The van der Waals surface area contributed by atoms with Crippen molar-refractivity contribution in [2.24, 2.45) is 0 Å². The lowest BCUT2D eigenvalue weighted by molar-refractivity contribution is 1.47. The molecule has 3 aromatic carbocycles. The summed E-state index contributed by atoms with van der Waals surface area (Å²) in [5.74, 6) is 0. The van der Waals surface area contributed by atoms with Crippen LogP contribution in [0.15, 0.2) is 60.7 Å². The van der Waals surface area contributed by atoms with E-state index >= 15 is 0 Å². The van der Waals surface area contributed by atoms with E-state index in [1.54, 1.807) is 0 Å². The van der Waals surface area contributed by atoms with Gasteiger partial charge in [-0.25, -0.2) is 0 Å². The molecule has 0 saturated carbocycles. The maximum Gasteiger partial charge on any atom is 0.0471 e. The molecule has 0 fully saturated rings. The van der Waals surface area contributed by atoms with Gasteiger partial charge >= 0.3 is 0 Å². The average Bonchev–Trinajstić information content (AvgIpc) is 2.85. The molecule has 0 amide bonds. The number of aromatic nitrogens is 1. The van der Waals surface area contributed by atoms with Crippen LogP contribution in [-0.4, -0.2) is 4.98 Å². The summed E-state index contributed by atoms with van der Waals surface area (Å²) in [5.41, 5.74) is 6.00. The first-order valence-electron chi connectivity index (χ1n) is 6.99. The number of hydrogen-bond donors (Lipinski definition) is 1. The van der Waals surface area contributed by atoms with Crippen LogP contribution in [0.2, 0.25) is 5.02 Å². The highest BCUT2D eigenvalue weighted by Crippen LogP contribution is 2.31. The van der Waals surface area contributed by atoms with Gasteiger partial charge in [-0.05, 0) is 42.3 Å². The number of H-pyrrole nitrogens is 1. The Hall–Kier alpha value is -2.25. The molecule has 0 aliphatic rings. The normalized spacial score (nSPS) is 11.3. The van der Waals surface area contributed by atoms with Gasteiger partial charge in [0.25, 0.3) is 0 Å². The standard InChI is InChI=1S/C19H14ClN/c1-12-2-4-13(5-3-12)14-6-8-16-17-11-15(20)7-9-18(17)21-19(16)10-14/h2-11,21H,1H3. The fraction of sp³-hybridized carbons (Fsp3) is 0.0526. The number of nitrogens with one attached hydrogen (secondary N) is 1. The van der Waals surface area contributed by atoms with Crippen molar-refractivity contribution in [3.8, 4) is 11.1 Å². The Labute approximate surface area is 128 Å². The summed E-state index contributed by atoms with van der Waals surface area (Å²) in [4.78, 5) is 3.47. The second kappa shape index (κ2) is 4.64. The van der Waals surface area contributed by atoms with Gasteiger partial charge in [0, 0.05) is 26.8 Å². The number of halogens is 1. The predicted octanol–water partition coefficient (Wildman–Crippen LogP) is 5.95. The molecule has 0 unspecified atom stereocenters. The van der Waals surface area contributed by atoms with Crippen molar-refractivity contribution in [3.63, 3.8) is 0 Å². The van der Waals surface area contributed by atoms with E-state index in [1.807, 2.05) is 18.2 Å². The molecule has 1 aromatic heterocycles. The Balaban J connectivity index is 1.94. The van der Waals surface area contributed by atoms with Gasteiger partial charge in [0.05, 0.1) is 0 Å². The molecule has 102 valence electrons. The summed E-state index contributed by atoms with van der Waals surface area (Å²) in [6, 6.07) is 21.1. The molecule has 1 nitrogen and oxygen atoms in total. The molecule has 2 heteroatoms. The maximum absolute atomic E-state index is 6.10. The minimum Gasteiger partial charge on any atom is -0.354 e. The lowest BCUT2D eigenvalue weighted by Gasteiger charge is -2.02. The second-order valence-corrected chi connectivity index (χ2v) is 5.88. The van der Waals surface area contributed by atoms with Gasteiger partial charge in [0.1, 0.15) is 0 Å². The molecule has 1 heterocycles. The summed E-state index contributed by atoms with van der Waals surface area (Å²) in [6.45, 7) is 2.11. The highest BCUT2D eigenvalue weighted by atomic mass is 35.5. The lowest BCUT2D eigenvalue weighted by Crippen LogP contribution is -1.79. The number of fused-ring (bicyclic) bond motifs is 3. The molecular formula is C19H14ClN. The Morgan fingerprint density at radius 1 is 0.714 bits per heavy atom. The van der Waals surface area contributed by atoms with Crippen molar-refractivity contribution in [2.75, 3.05) is 0 Å². The quantitative estimate of drug-likeness (QED) is 0.446.